The van der Waals surface area contributed by atoms with Crippen molar-refractivity contribution in [2.24, 2.45) is 0 Å². The van der Waals surface area contributed by atoms with Gasteiger partial charge in [-0.3, -0.25) is 4.79 Å². The molecule has 0 saturated heterocycles. The zero-order valence-electron chi connectivity index (χ0n) is 12.9. The maximum atomic E-state index is 12.3. The number of thiazole rings is 1. The van der Waals surface area contributed by atoms with Crippen molar-refractivity contribution in [1.82, 2.24) is 4.98 Å². The molecule has 1 heterocycles. The quantitative estimate of drug-likeness (QED) is 0.775. The minimum absolute atomic E-state index is 0.199. The van der Waals surface area contributed by atoms with Gasteiger partial charge in [-0.05, 0) is 42.8 Å². The number of aromatic nitrogens is 1. The largest absolute Gasteiger partial charge is 0.497 e. The van der Waals surface area contributed by atoms with Crippen LogP contribution in [0.25, 0.3) is 10.6 Å². The number of methoxy groups -OCH3 is 1. The van der Waals surface area contributed by atoms with Gasteiger partial charge in [-0.25, -0.2) is 4.98 Å². The number of rotatable bonds is 4. The molecule has 1 N–H and O–H groups in total. The molecule has 4 nitrogen and oxygen atoms in total. The van der Waals surface area contributed by atoms with E-state index in [0.717, 1.165) is 27.6 Å². The molecule has 0 saturated carbocycles. The second kappa shape index (κ2) is 6.62. The summed E-state index contributed by atoms with van der Waals surface area (Å²) in [5.41, 5.74) is 3.21. The van der Waals surface area contributed by atoms with E-state index < -0.39 is 0 Å². The number of carbonyl (C=O) groups excluding carboxylic acids is 1. The number of nitrogens with one attached hydrogen (secondary N) is 1. The van der Waals surface area contributed by atoms with Crippen molar-refractivity contribution < 1.29 is 9.53 Å². The first-order valence-electron chi connectivity index (χ1n) is 7.14. The molecular weight excluding hydrogens is 308 g/mol. The van der Waals surface area contributed by atoms with Crippen molar-refractivity contribution in [3.8, 4) is 16.3 Å². The first-order chi connectivity index (χ1) is 11.2. The van der Waals surface area contributed by atoms with Crippen LogP contribution in [0.15, 0.2) is 53.9 Å². The molecule has 0 fully saturated rings. The summed E-state index contributed by atoms with van der Waals surface area (Å²) in [5, 5.41) is 5.47. The van der Waals surface area contributed by atoms with Gasteiger partial charge in [0.05, 0.1) is 7.11 Å². The number of anilines is 1. The Labute approximate surface area is 138 Å². The minimum atomic E-state index is -0.199. The Kier molecular flexibility index (Phi) is 4.39. The van der Waals surface area contributed by atoms with Crippen LogP contribution in [0.2, 0.25) is 0 Å². The Morgan fingerprint density at radius 3 is 2.57 bits per heavy atom. The Morgan fingerprint density at radius 2 is 1.87 bits per heavy atom. The number of nitrogens with zero attached hydrogens (tertiary/aromatic N) is 1. The van der Waals surface area contributed by atoms with Crippen LogP contribution in [0, 0.1) is 6.92 Å². The van der Waals surface area contributed by atoms with Gasteiger partial charge in [0, 0.05) is 16.6 Å². The molecule has 1 aromatic heterocycles. The molecule has 5 heteroatoms. The highest BCUT2D eigenvalue weighted by Gasteiger charge is 2.13. The van der Waals surface area contributed by atoms with Gasteiger partial charge in [0.1, 0.15) is 16.5 Å². The van der Waals surface area contributed by atoms with E-state index in [1.807, 2.05) is 55.5 Å². The number of aryl methyl sites for hydroxylation is 1. The third-order valence-corrected chi connectivity index (χ3v) is 4.36. The summed E-state index contributed by atoms with van der Waals surface area (Å²) in [6, 6.07) is 15.3. The molecule has 0 aliphatic rings. The normalized spacial score (nSPS) is 10.3. The fraction of sp³-hybridized carbons (Fsp3) is 0.111. The zero-order chi connectivity index (χ0) is 16.2. The predicted octanol–water partition coefficient (Wildman–Crippen LogP) is 4.38. The van der Waals surface area contributed by atoms with Crippen LogP contribution in [0.4, 0.5) is 5.69 Å². The van der Waals surface area contributed by atoms with Crippen molar-refractivity contribution in [3.05, 3.63) is 65.2 Å². The van der Waals surface area contributed by atoms with Gasteiger partial charge in [-0.2, -0.15) is 0 Å². The average molecular weight is 324 g/mol. The summed E-state index contributed by atoms with van der Waals surface area (Å²) in [6.45, 7) is 1.96. The summed E-state index contributed by atoms with van der Waals surface area (Å²) >= 11 is 1.45. The molecule has 116 valence electrons. The fourth-order valence-electron chi connectivity index (χ4n) is 2.14. The third kappa shape index (κ3) is 3.40. The van der Waals surface area contributed by atoms with Crippen LogP contribution in [0.3, 0.4) is 0 Å². The molecule has 0 aliphatic carbocycles. The lowest BCUT2D eigenvalue weighted by atomic mass is 10.2. The average Bonchev–Trinajstić information content (AvgIpc) is 3.07. The second-order valence-corrected chi connectivity index (χ2v) is 5.89. The molecule has 2 aromatic carbocycles. The molecule has 3 aromatic rings. The first-order valence-corrected chi connectivity index (χ1v) is 8.02. The maximum Gasteiger partial charge on any atom is 0.275 e. The van der Waals surface area contributed by atoms with E-state index in [0.29, 0.717) is 5.69 Å². The molecule has 0 radical (unpaired) electrons. The topological polar surface area (TPSA) is 51.2 Å². The molecule has 0 aliphatic heterocycles. The lowest BCUT2D eigenvalue weighted by Crippen LogP contribution is -2.13. The number of amides is 1. The number of ether oxygens (including phenoxy) is 1. The number of hydrogen-bond donors (Lipinski definition) is 1. The van der Waals surface area contributed by atoms with Crippen LogP contribution < -0.4 is 10.1 Å². The van der Waals surface area contributed by atoms with E-state index in [1.54, 1.807) is 12.5 Å². The zero-order valence-corrected chi connectivity index (χ0v) is 13.7. The lowest BCUT2D eigenvalue weighted by Gasteiger charge is -2.06. The van der Waals surface area contributed by atoms with Crippen LogP contribution >= 0.6 is 11.3 Å². The number of para-hydroxylation sites is 1. The van der Waals surface area contributed by atoms with Gasteiger partial charge in [0.2, 0.25) is 0 Å². The van der Waals surface area contributed by atoms with Gasteiger partial charge in [-0.1, -0.05) is 18.2 Å². The smallest absolute Gasteiger partial charge is 0.275 e. The highest BCUT2D eigenvalue weighted by Crippen LogP contribution is 2.26. The highest BCUT2D eigenvalue weighted by molar-refractivity contribution is 7.13. The van der Waals surface area contributed by atoms with Gasteiger partial charge in [-0.15, -0.1) is 11.3 Å². The maximum absolute atomic E-state index is 12.3. The van der Waals surface area contributed by atoms with Crippen LogP contribution in [-0.2, 0) is 0 Å². The van der Waals surface area contributed by atoms with E-state index in [9.17, 15) is 4.79 Å². The molecule has 0 bridgehead atoms. The molecule has 0 spiro atoms. The summed E-state index contributed by atoms with van der Waals surface area (Å²) in [5.74, 6) is 0.595. The van der Waals surface area contributed by atoms with Crippen molar-refractivity contribution in [3.63, 3.8) is 0 Å². The fourth-order valence-corrected chi connectivity index (χ4v) is 2.95. The minimum Gasteiger partial charge on any atom is -0.497 e. The van der Waals surface area contributed by atoms with E-state index in [4.69, 9.17) is 4.74 Å². The highest BCUT2D eigenvalue weighted by atomic mass is 32.1. The molecule has 3 rings (SSSR count). The second-order valence-electron chi connectivity index (χ2n) is 5.04. The van der Waals surface area contributed by atoms with Crippen LogP contribution in [0.5, 0.6) is 5.75 Å². The predicted molar refractivity (Wildman–Crippen MR) is 93.2 cm³/mol. The number of carbonyl (C=O) groups is 1. The molecule has 1 amide bonds. The van der Waals surface area contributed by atoms with E-state index in [1.165, 1.54) is 11.3 Å². The van der Waals surface area contributed by atoms with Crippen molar-refractivity contribution in [2.45, 2.75) is 6.92 Å². The summed E-state index contributed by atoms with van der Waals surface area (Å²) in [7, 11) is 1.63. The van der Waals surface area contributed by atoms with Gasteiger partial charge >= 0.3 is 0 Å². The number of benzene rings is 2. The number of hydrogen-bond acceptors (Lipinski definition) is 4. The lowest BCUT2D eigenvalue weighted by molar-refractivity contribution is 0.102. The van der Waals surface area contributed by atoms with Gasteiger partial charge in [0.15, 0.2) is 0 Å². The van der Waals surface area contributed by atoms with Crippen molar-refractivity contribution >= 4 is 22.9 Å². The SMILES string of the molecule is COc1ccc(-c2nc(C(=O)Nc3ccccc3C)cs2)cc1. The standard InChI is InChI=1S/C18H16N2O2S/c1-12-5-3-4-6-15(12)19-17(21)16-11-23-18(20-16)13-7-9-14(22-2)10-8-13/h3-11H,1-2H3,(H,19,21). The van der Waals surface area contributed by atoms with E-state index in [2.05, 4.69) is 10.3 Å². The summed E-state index contributed by atoms with van der Waals surface area (Å²) < 4.78 is 5.14. The monoisotopic (exact) mass is 324 g/mol. The van der Waals surface area contributed by atoms with Crippen LogP contribution in [-0.4, -0.2) is 18.0 Å². The van der Waals surface area contributed by atoms with Gasteiger partial charge in [0.25, 0.3) is 5.91 Å². The Morgan fingerprint density at radius 1 is 1.13 bits per heavy atom. The Balaban J connectivity index is 1.78. The van der Waals surface area contributed by atoms with E-state index in [-0.39, 0.29) is 5.91 Å². The summed E-state index contributed by atoms with van der Waals surface area (Å²) in [6.07, 6.45) is 0. The van der Waals surface area contributed by atoms with Crippen molar-refractivity contribution in [1.29, 1.82) is 0 Å². The van der Waals surface area contributed by atoms with Crippen LogP contribution in [0.1, 0.15) is 16.1 Å². The molecule has 0 unspecified atom stereocenters. The first kappa shape index (κ1) is 15.2. The summed E-state index contributed by atoms with van der Waals surface area (Å²) in [4.78, 5) is 16.8. The third-order valence-electron chi connectivity index (χ3n) is 3.47. The van der Waals surface area contributed by atoms with Gasteiger partial charge < -0.3 is 10.1 Å². The molecular formula is C18H16N2O2S. The van der Waals surface area contributed by atoms with Crippen molar-refractivity contribution in [2.75, 3.05) is 12.4 Å². The molecule has 0 atom stereocenters. The Hall–Kier alpha value is -2.66. The van der Waals surface area contributed by atoms with E-state index >= 15 is 0 Å². The Bertz CT molecular complexity index is 825. The molecule has 23 heavy (non-hydrogen) atoms.